The predicted octanol–water partition coefficient (Wildman–Crippen LogP) is 6.04. The van der Waals surface area contributed by atoms with Crippen molar-refractivity contribution in [1.82, 2.24) is 15.2 Å². The van der Waals surface area contributed by atoms with E-state index < -0.39 is 0 Å². The molecule has 1 aromatic carbocycles. The fourth-order valence-electron chi connectivity index (χ4n) is 2.52. The molecule has 0 saturated carbocycles. The number of thiazole rings is 1. The van der Waals surface area contributed by atoms with Gasteiger partial charge in [0, 0.05) is 16.7 Å². The number of rotatable bonds is 5. The van der Waals surface area contributed by atoms with Crippen LogP contribution in [0.4, 0.5) is 0 Å². The third-order valence-corrected chi connectivity index (χ3v) is 5.79. The van der Waals surface area contributed by atoms with E-state index in [2.05, 4.69) is 48.1 Å². The van der Waals surface area contributed by atoms with Crippen LogP contribution in [-0.4, -0.2) is 15.2 Å². The zero-order valence-corrected chi connectivity index (χ0v) is 16.9. The highest BCUT2D eigenvalue weighted by atomic mass is 32.2. The summed E-state index contributed by atoms with van der Waals surface area (Å²) in [5.41, 5.74) is 3.29. The van der Waals surface area contributed by atoms with Crippen molar-refractivity contribution in [1.29, 1.82) is 0 Å². The van der Waals surface area contributed by atoms with Gasteiger partial charge >= 0.3 is 0 Å². The number of benzene rings is 1. The first kappa shape index (κ1) is 18.0. The second-order valence-corrected chi connectivity index (χ2v) is 8.90. The molecule has 0 spiro atoms. The maximum Gasteiger partial charge on any atom is 0.277 e. The molecular weight excluding hydrogens is 378 g/mol. The molecule has 7 heteroatoms. The molecule has 0 aliphatic carbocycles. The molecule has 0 amide bonds. The second-order valence-electron chi connectivity index (χ2n) is 7.11. The van der Waals surface area contributed by atoms with Gasteiger partial charge < -0.3 is 8.83 Å². The lowest BCUT2D eigenvalue weighted by molar-refractivity contribution is 0.465. The lowest BCUT2D eigenvalue weighted by atomic mass is 9.87. The molecule has 138 valence electrons. The normalized spacial score (nSPS) is 11.8. The van der Waals surface area contributed by atoms with Crippen LogP contribution in [-0.2, 0) is 11.2 Å². The third kappa shape index (κ3) is 4.14. The van der Waals surface area contributed by atoms with E-state index in [1.165, 1.54) is 17.3 Å². The standard InChI is InChI=1S/C20H19N3O2S2/c1-20(2,3)14-8-6-13(7-9-14)17-22-23-19(25-17)27-12-15-11-26-18(21-15)16-5-4-10-24-16/h4-11H,12H2,1-3H3. The van der Waals surface area contributed by atoms with Crippen LogP contribution in [0.25, 0.3) is 22.2 Å². The molecule has 0 radical (unpaired) electrons. The lowest BCUT2D eigenvalue weighted by Gasteiger charge is -2.18. The Morgan fingerprint density at radius 2 is 1.89 bits per heavy atom. The molecule has 0 saturated heterocycles. The van der Waals surface area contributed by atoms with Crippen molar-refractivity contribution in [3.05, 3.63) is 59.3 Å². The molecule has 0 atom stereocenters. The molecular formula is C20H19N3O2S2. The number of nitrogens with zero attached hydrogens (tertiary/aromatic N) is 3. The largest absolute Gasteiger partial charge is 0.462 e. The summed E-state index contributed by atoms with van der Waals surface area (Å²) in [6, 6.07) is 12.0. The van der Waals surface area contributed by atoms with Gasteiger partial charge in [-0.05, 0) is 35.2 Å². The summed E-state index contributed by atoms with van der Waals surface area (Å²) in [6.07, 6.45) is 1.65. The maximum absolute atomic E-state index is 5.79. The topological polar surface area (TPSA) is 65.0 Å². The molecule has 0 aliphatic heterocycles. The predicted molar refractivity (Wildman–Crippen MR) is 108 cm³/mol. The minimum atomic E-state index is 0.121. The summed E-state index contributed by atoms with van der Waals surface area (Å²) in [4.78, 5) is 4.58. The SMILES string of the molecule is CC(C)(C)c1ccc(-c2nnc(SCc3csc(-c4ccco4)n3)o2)cc1. The van der Waals surface area contributed by atoms with E-state index in [9.17, 15) is 0 Å². The second kappa shape index (κ2) is 7.32. The minimum Gasteiger partial charge on any atom is -0.462 e. The van der Waals surface area contributed by atoms with Crippen molar-refractivity contribution in [3.8, 4) is 22.2 Å². The zero-order chi connectivity index (χ0) is 18.9. The van der Waals surface area contributed by atoms with E-state index in [-0.39, 0.29) is 5.41 Å². The molecule has 4 rings (SSSR count). The summed E-state index contributed by atoms with van der Waals surface area (Å²) >= 11 is 3.04. The van der Waals surface area contributed by atoms with Gasteiger partial charge in [0.25, 0.3) is 5.22 Å². The molecule has 3 heterocycles. The Bertz CT molecular complexity index is 1010. The average Bonchev–Trinajstić information content (AvgIpc) is 3.39. The monoisotopic (exact) mass is 397 g/mol. The van der Waals surface area contributed by atoms with Gasteiger partial charge in [-0.15, -0.1) is 21.5 Å². The van der Waals surface area contributed by atoms with Gasteiger partial charge in [-0.25, -0.2) is 4.98 Å². The fraction of sp³-hybridized carbons (Fsp3) is 0.250. The van der Waals surface area contributed by atoms with E-state index >= 15 is 0 Å². The van der Waals surface area contributed by atoms with Crippen molar-refractivity contribution >= 4 is 23.1 Å². The quantitative estimate of drug-likeness (QED) is 0.382. The summed E-state index contributed by atoms with van der Waals surface area (Å²) < 4.78 is 11.2. The van der Waals surface area contributed by atoms with Crippen LogP contribution in [0, 0.1) is 0 Å². The fourth-order valence-corrected chi connectivity index (χ4v) is 4.07. The van der Waals surface area contributed by atoms with Crippen molar-refractivity contribution < 1.29 is 8.83 Å². The van der Waals surface area contributed by atoms with Gasteiger partial charge in [0.05, 0.1) is 12.0 Å². The average molecular weight is 398 g/mol. The smallest absolute Gasteiger partial charge is 0.277 e. The molecule has 0 bridgehead atoms. The molecule has 0 N–H and O–H groups in total. The van der Waals surface area contributed by atoms with Crippen molar-refractivity contribution in [2.45, 2.75) is 37.2 Å². The van der Waals surface area contributed by atoms with E-state index in [1.807, 2.05) is 29.6 Å². The van der Waals surface area contributed by atoms with Crippen molar-refractivity contribution in [2.75, 3.05) is 0 Å². The van der Waals surface area contributed by atoms with Gasteiger partial charge in [-0.3, -0.25) is 0 Å². The van der Waals surface area contributed by atoms with Crippen molar-refractivity contribution in [2.24, 2.45) is 0 Å². The van der Waals surface area contributed by atoms with Crippen molar-refractivity contribution in [3.63, 3.8) is 0 Å². The van der Waals surface area contributed by atoms with Crippen LogP contribution in [0.1, 0.15) is 32.0 Å². The number of thioether (sulfide) groups is 1. The maximum atomic E-state index is 5.79. The number of hydrogen-bond donors (Lipinski definition) is 0. The highest BCUT2D eigenvalue weighted by molar-refractivity contribution is 7.98. The first-order valence-electron chi connectivity index (χ1n) is 8.54. The summed E-state index contributed by atoms with van der Waals surface area (Å²) in [5.74, 6) is 1.99. The van der Waals surface area contributed by atoms with E-state index in [1.54, 1.807) is 17.6 Å². The summed E-state index contributed by atoms with van der Waals surface area (Å²) in [6.45, 7) is 6.58. The van der Waals surface area contributed by atoms with Gasteiger partial charge in [-0.1, -0.05) is 44.7 Å². The Hall–Kier alpha value is -2.38. The first-order chi connectivity index (χ1) is 13.0. The first-order valence-corrected chi connectivity index (χ1v) is 10.4. The summed E-state index contributed by atoms with van der Waals surface area (Å²) in [7, 11) is 0. The van der Waals surface area contributed by atoms with Crippen LogP contribution in [0.15, 0.2) is 62.1 Å². The summed E-state index contributed by atoms with van der Waals surface area (Å²) in [5, 5.41) is 11.7. The Kier molecular flexibility index (Phi) is 4.88. The molecule has 0 aliphatic rings. The third-order valence-electron chi connectivity index (χ3n) is 4.03. The number of furan rings is 1. The Balaban J connectivity index is 1.41. The molecule has 0 unspecified atom stereocenters. The Morgan fingerprint density at radius 3 is 2.59 bits per heavy atom. The molecule has 27 heavy (non-hydrogen) atoms. The van der Waals surface area contributed by atoms with Gasteiger partial charge in [0.1, 0.15) is 0 Å². The van der Waals surface area contributed by atoms with Gasteiger partial charge in [0.2, 0.25) is 5.89 Å². The molecule has 5 nitrogen and oxygen atoms in total. The van der Waals surface area contributed by atoms with Crippen LogP contribution in [0.5, 0.6) is 0 Å². The van der Waals surface area contributed by atoms with Gasteiger partial charge in [-0.2, -0.15) is 0 Å². The Labute approximate surface area is 165 Å². The van der Waals surface area contributed by atoms with E-state index in [4.69, 9.17) is 8.83 Å². The lowest BCUT2D eigenvalue weighted by Crippen LogP contribution is -2.10. The Morgan fingerprint density at radius 1 is 1.07 bits per heavy atom. The van der Waals surface area contributed by atoms with Crippen LogP contribution in [0.2, 0.25) is 0 Å². The van der Waals surface area contributed by atoms with Gasteiger partial charge in [0.15, 0.2) is 10.8 Å². The minimum absolute atomic E-state index is 0.121. The highest BCUT2D eigenvalue weighted by Crippen LogP contribution is 2.30. The van der Waals surface area contributed by atoms with Crippen LogP contribution >= 0.6 is 23.1 Å². The van der Waals surface area contributed by atoms with E-state index in [0.717, 1.165) is 22.0 Å². The number of hydrogen-bond acceptors (Lipinski definition) is 7. The van der Waals surface area contributed by atoms with E-state index in [0.29, 0.717) is 16.9 Å². The van der Waals surface area contributed by atoms with Crippen LogP contribution < -0.4 is 0 Å². The number of aromatic nitrogens is 3. The zero-order valence-electron chi connectivity index (χ0n) is 15.3. The molecule has 4 aromatic rings. The highest BCUT2D eigenvalue weighted by Gasteiger charge is 2.15. The van der Waals surface area contributed by atoms with Crippen LogP contribution in [0.3, 0.4) is 0 Å². The molecule has 3 aromatic heterocycles. The molecule has 0 fully saturated rings.